The van der Waals surface area contributed by atoms with Crippen LogP contribution in [-0.4, -0.2) is 30.0 Å². The van der Waals surface area contributed by atoms with Gasteiger partial charge in [-0.05, 0) is 35.9 Å². The fourth-order valence-electron chi connectivity index (χ4n) is 3.54. The molecule has 0 fully saturated rings. The van der Waals surface area contributed by atoms with E-state index in [2.05, 4.69) is 21.0 Å². The van der Waals surface area contributed by atoms with Crippen molar-refractivity contribution in [3.05, 3.63) is 98.5 Å². The third-order valence-electron chi connectivity index (χ3n) is 5.41. The van der Waals surface area contributed by atoms with Gasteiger partial charge in [0.05, 0.1) is 17.1 Å². The van der Waals surface area contributed by atoms with Crippen LogP contribution < -0.4 is 15.2 Å². The Balaban J connectivity index is 1.76. The van der Waals surface area contributed by atoms with E-state index in [1.165, 1.54) is 4.68 Å². The Hall–Kier alpha value is -3.45. The number of nitrogens with zero attached hydrogens (tertiary/aromatic N) is 4. The van der Waals surface area contributed by atoms with E-state index in [0.717, 1.165) is 21.3 Å². The van der Waals surface area contributed by atoms with Crippen molar-refractivity contribution in [2.75, 3.05) is 19.0 Å². The van der Waals surface area contributed by atoms with Crippen LogP contribution in [0.1, 0.15) is 36.7 Å². The van der Waals surface area contributed by atoms with E-state index < -0.39 is 0 Å². The van der Waals surface area contributed by atoms with Crippen molar-refractivity contribution in [1.82, 2.24) is 9.66 Å². The molecule has 0 aliphatic heterocycles. The second kappa shape index (κ2) is 10.2. The number of hydrogen-bond donors (Lipinski definition) is 0. The molecule has 34 heavy (non-hydrogen) atoms. The minimum atomic E-state index is -0.206. The minimum Gasteiger partial charge on any atom is -0.488 e. The second-order valence-electron chi connectivity index (χ2n) is 8.54. The van der Waals surface area contributed by atoms with Gasteiger partial charge in [0.25, 0.3) is 5.56 Å². The molecular formula is C27H27BrN4O2. The first-order valence-corrected chi connectivity index (χ1v) is 11.9. The standard InChI is InChI=1S/C27H27BrN4O2/c1-18(2)26-30-24-13-11-21(28)14-23(24)27(33)32(26)29-16-20-10-12-22(31(3)4)15-25(20)34-17-19-8-6-5-7-9-19/h5-16,18H,17H2,1-4H3. The van der Waals surface area contributed by atoms with Crippen LogP contribution in [-0.2, 0) is 6.61 Å². The molecule has 4 rings (SSSR count). The van der Waals surface area contributed by atoms with Gasteiger partial charge in [-0.25, -0.2) is 4.98 Å². The first-order chi connectivity index (χ1) is 16.3. The van der Waals surface area contributed by atoms with Crippen LogP contribution in [0.25, 0.3) is 10.9 Å². The SMILES string of the molecule is CC(C)c1nc2ccc(Br)cc2c(=O)n1N=Cc1ccc(N(C)C)cc1OCc1ccccc1. The summed E-state index contributed by atoms with van der Waals surface area (Å²) in [5.74, 6) is 1.31. The molecule has 0 atom stereocenters. The largest absolute Gasteiger partial charge is 0.488 e. The molecule has 1 heterocycles. The van der Waals surface area contributed by atoms with Crippen molar-refractivity contribution in [2.24, 2.45) is 5.10 Å². The molecule has 0 N–H and O–H groups in total. The zero-order valence-electron chi connectivity index (χ0n) is 19.7. The molecule has 0 amide bonds. The van der Waals surface area contributed by atoms with Crippen LogP contribution in [0.5, 0.6) is 5.75 Å². The van der Waals surface area contributed by atoms with Gasteiger partial charge in [-0.3, -0.25) is 4.79 Å². The Bertz CT molecular complexity index is 1400. The van der Waals surface area contributed by atoms with E-state index in [-0.39, 0.29) is 11.5 Å². The third kappa shape index (κ3) is 5.20. The van der Waals surface area contributed by atoms with Crippen LogP contribution in [0.2, 0.25) is 0 Å². The summed E-state index contributed by atoms with van der Waals surface area (Å²) in [4.78, 5) is 20.0. The van der Waals surface area contributed by atoms with Crippen molar-refractivity contribution in [3.63, 3.8) is 0 Å². The molecule has 0 saturated heterocycles. The van der Waals surface area contributed by atoms with Crippen molar-refractivity contribution in [3.8, 4) is 5.75 Å². The summed E-state index contributed by atoms with van der Waals surface area (Å²) < 4.78 is 8.38. The van der Waals surface area contributed by atoms with Crippen LogP contribution in [0.4, 0.5) is 5.69 Å². The molecule has 0 aliphatic carbocycles. The summed E-state index contributed by atoms with van der Waals surface area (Å²) in [5, 5.41) is 5.09. The van der Waals surface area contributed by atoms with Gasteiger partial charge in [-0.2, -0.15) is 9.78 Å². The summed E-state index contributed by atoms with van der Waals surface area (Å²) in [6.45, 7) is 4.43. The van der Waals surface area contributed by atoms with Crippen LogP contribution >= 0.6 is 15.9 Å². The van der Waals surface area contributed by atoms with Gasteiger partial charge in [-0.15, -0.1) is 0 Å². The van der Waals surface area contributed by atoms with E-state index in [9.17, 15) is 4.79 Å². The number of hydrogen-bond acceptors (Lipinski definition) is 5. The Morgan fingerprint density at radius 2 is 1.85 bits per heavy atom. The monoisotopic (exact) mass is 518 g/mol. The topological polar surface area (TPSA) is 59.7 Å². The maximum absolute atomic E-state index is 13.3. The Morgan fingerprint density at radius 3 is 2.56 bits per heavy atom. The third-order valence-corrected chi connectivity index (χ3v) is 5.91. The average molecular weight is 519 g/mol. The quantitative estimate of drug-likeness (QED) is 0.289. The molecule has 1 aromatic heterocycles. The Labute approximate surface area is 207 Å². The lowest BCUT2D eigenvalue weighted by atomic mass is 10.1. The highest BCUT2D eigenvalue weighted by atomic mass is 79.9. The molecule has 0 aliphatic rings. The number of aromatic nitrogens is 2. The summed E-state index contributed by atoms with van der Waals surface area (Å²) >= 11 is 3.44. The molecule has 0 bridgehead atoms. The maximum atomic E-state index is 13.3. The van der Waals surface area contributed by atoms with E-state index >= 15 is 0 Å². The molecule has 3 aromatic carbocycles. The van der Waals surface area contributed by atoms with Crippen molar-refractivity contribution >= 4 is 38.7 Å². The maximum Gasteiger partial charge on any atom is 0.282 e. The van der Waals surface area contributed by atoms with Crippen LogP contribution in [0, 0.1) is 0 Å². The molecule has 6 nitrogen and oxygen atoms in total. The lowest BCUT2D eigenvalue weighted by Crippen LogP contribution is -2.23. The zero-order valence-corrected chi connectivity index (χ0v) is 21.3. The van der Waals surface area contributed by atoms with Crippen molar-refractivity contribution in [2.45, 2.75) is 26.4 Å². The predicted octanol–water partition coefficient (Wildman–Crippen LogP) is 5.81. The van der Waals surface area contributed by atoms with Gasteiger partial charge in [-0.1, -0.05) is 60.1 Å². The number of anilines is 1. The zero-order chi connectivity index (χ0) is 24.2. The first-order valence-electron chi connectivity index (χ1n) is 11.1. The molecule has 0 radical (unpaired) electrons. The summed E-state index contributed by atoms with van der Waals surface area (Å²) in [5.41, 5.74) is 3.31. The van der Waals surface area contributed by atoms with Gasteiger partial charge >= 0.3 is 0 Å². The summed E-state index contributed by atoms with van der Waals surface area (Å²) in [7, 11) is 3.97. The second-order valence-corrected chi connectivity index (χ2v) is 9.45. The normalized spacial score (nSPS) is 11.5. The molecule has 7 heteroatoms. The number of ether oxygens (including phenoxy) is 1. The fourth-order valence-corrected chi connectivity index (χ4v) is 3.90. The minimum absolute atomic E-state index is 0.0165. The number of fused-ring (bicyclic) bond motifs is 1. The van der Waals surface area contributed by atoms with Gasteiger partial charge in [0.2, 0.25) is 0 Å². The van der Waals surface area contributed by atoms with E-state index in [4.69, 9.17) is 9.72 Å². The lowest BCUT2D eigenvalue weighted by Gasteiger charge is -2.16. The van der Waals surface area contributed by atoms with E-state index in [1.807, 2.05) is 93.5 Å². The number of rotatable bonds is 7. The number of benzene rings is 3. The van der Waals surface area contributed by atoms with Crippen molar-refractivity contribution < 1.29 is 4.74 Å². The van der Waals surface area contributed by atoms with Gasteiger partial charge in [0.15, 0.2) is 0 Å². The van der Waals surface area contributed by atoms with Gasteiger partial charge in [0, 0.05) is 41.8 Å². The predicted molar refractivity (Wildman–Crippen MR) is 142 cm³/mol. The van der Waals surface area contributed by atoms with Crippen LogP contribution in [0.3, 0.4) is 0 Å². The lowest BCUT2D eigenvalue weighted by molar-refractivity contribution is 0.306. The van der Waals surface area contributed by atoms with E-state index in [1.54, 1.807) is 12.3 Å². The number of halogens is 1. The first kappa shape index (κ1) is 23.7. The average Bonchev–Trinajstić information content (AvgIpc) is 2.83. The highest BCUT2D eigenvalue weighted by molar-refractivity contribution is 9.10. The Morgan fingerprint density at radius 1 is 1.09 bits per heavy atom. The molecule has 4 aromatic rings. The molecular weight excluding hydrogens is 492 g/mol. The summed E-state index contributed by atoms with van der Waals surface area (Å²) in [6.07, 6.45) is 1.67. The molecule has 0 saturated carbocycles. The van der Waals surface area contributed by atoms with Crippen LogP contribution in [0.15, 0.2) is 81.1 Å². The fraction of sp³-hybridized carbons (Fsp3) is 0.222. The molecule has 0 unspecified atom stereocenters. The highest BCUT2D eigenvalue weighted by Gasteiger charge is 2.14. The van der Waals surface area contributed by atoms with Gasteiger partial charge < -0.3 is 9.64 Å². The summed E-state index contributed by atoms with van der Waals surface area (Å²) in [6, 6.07) is 21.4. The van der Waals surface area contributed by atoms with E-state index in [0.29, 0.717) is 29.1 Å². The molecule has 174 valence electrons. The van der Waals surface area contributed by atoms with Crippen molar-refractivity contribution in [1.29, 1.82) is 0 Å². The smallest absolute Gasteiger partial charge is 0.282 e. The highest BCUT2D eigenvalue weighted by Crippen LogP contribution is 2.25. The Kier molecular flexibility index (Phi) is 7.12. The van der Waals surface area contributed by atoms with Gasteiger partial charge in [0.1, 0.15) is 18.2 Å². The molecule has 0 spiro atoms.